The number of fused-ring (bicyclic) bond motifs is 1. The van der Waals surface area contributed by atoms with Crippen LogP contribution in [-0.4, -0.2) is 11.7 Å². The molecule has 0 amide bonds. The van der Waals surface area contributed by atoms with Gasteiger partial charge in [0.25, 0.3) is 0 Å². The Morgan fingerprint density at radius 1 is 1.14 bits per heavy atom. The second kappa shape index (κ2) is 2.89. The molecule has 0 fully saturated rings. The third kappa shape index (κ3) is 1.24. The van der Waals surface area contributed by atoms with Crippen molar-refractivity contribution in [3.8, 4) is 0 Å². The average molecular weight is 215 g/mol. The molecule has 1 aliphatic rings. The van der Waals surface area contributed by atoms with Crippen LogP contribution in [0.5, 0.6) is 0 Å². The monoisotopic (exact) mass is 214 g/mol. The predicted octanol–water partition coefficient (Wildman–Crippen LogP) is 3.10. The summed E-state index contributed by atoms with van der Waals surface area (Å²) in [4.78, 5) is 11.2. The number of ketones is 1. The summed E-state index contributed by atoms with van der Waals surface area (Å²) >= 11 is 5.63. The molecule has 0 saturated carbocycles. The lowest BCUT2D eigenvalue weighted by atomic mass is 9.94. The van der Waals surface area contributed by atoms with E-state index in [4.69, 9.17) is 11.6 Å². The lowest BCUT2D eigenvalue weighted by Crippen LogP contribution is -2.30. The summed E-state index contributed by atoms with van der Waals surface area (Å²) in [5, 5.41) is -0.0785. The van der Waals surface area contributed by atoms with Crippen LogP contribution in [-0.2, 0) is 0 Å². The lowest BCUT2D eigenvalue weighted by molar-refractivity contribution is 0.0377. The summed E-state index contributed by atoms with van der Waals surface area (Å²) in [6.07, 6.45) is 0.485. The number of halogens is 3. The Hall–Kier alpha value is -1.22. The van der Waals surface area contributed by atoms with Gasteiger partial charge in [-0.1, -0.05) is 35.9 Å². The topological polar surface area (TPSA) is 17.1 Å². The molecule has 0 N–H and O–H groups in total. The number of rotatable bonds is 0. The van der Waals surface area contributed by atoms with Crippen molar-refractivity contribution in [1.82, 2.24) is 0 Å². The summed E-state index contributed by atoms with van der Waals surface area (Å²) in [6, 6.07) is 6.07. The van der Waals surface area contributed by atoms with Crippen LogP contribution in [0.15, 0.2) is 30.3 Å². The summed E-state index contributed by atoms with van der Waals surface area (Å²) in [5.41, 5.74) is 0.343. The molecule has 0 heterocycles. The van der Waals surface area contributed by atoms with Crippen molar-refractivity contribution in [3.05, 3.63) is 41.5 Å². The van der Waals surface area contributed by atoms with Gasteiger partial charge in [0.15, 0.2) is 0 Å². The smallest absolute Gasteiger partial charge is 0.287 e. The lowest BCUT2D eigenvalue weighted by Gasteiger charge is -2.19. The minimum atomic E-state index is -3.48. The summed E-state index contributed by atoms with van der Waals surface area (Å²) in [7, 11) is 0. The summed E-state index contributed by atoms with van der Waals surface area (Å²) in [6.45, 7) is 0. The van der Waals surface area contributed by atoms with Gasteiger partial charge in [-0.05, 0) is 0 Å². The maximum absolute atomic E-state index is 13.0. The standard InChI is InChI=1S/C10H5ClF2O/c11-8-5-10(12,13)9(14)7-4-2-1-3-6(7)8/h1-5H. The quantitative estimate of drug-likeness (QED) is 0.649. The number of carbonyl (C=O) groups excluding carboxylic acids is 1. The number of allylic oxidation sites excluding steroid dienone is 1. The molecule has 1 aliphatic carbocycles. The van der Waals surface area contributed by atoms with E-state index >= 15 is 0 Å². The van der Waals surface area contributed by atoms with Gasteiger partial charge in [0.2, 0.25) is 5.78 Å². The number of alkyl halides is 2. The molecule has 0 saturated heterocycles. The van der Waals surface area contributed by atoms with E-state index in [0.717, 1.165) is 0 Å². The van der Waals surface area contributed by atoms with E-state index in [2.05, 4.69) is 0 Å². The third-order valence-corrected chi connectivity index (χ3v) is 2.35. The molecule has 14 heavy (non-hydrogen) atoms. The number of benzene rings is 1. The van der Waals surface area contributed by atoms with Crippen LogP contribution in [0.1, 0.15) is 15.9 Å². The molecule has 1 aromatic rings. The fraction of sp³-hybridized carbons (Fsp3) is 0.100. The van der Waals surface area contributed by atoms with Gasteiger partial charge in [0, 0.05) is 17.2 Å². The Morgan fingerprint density at radius 3 is 2.36 bits per heavy atom. The zero-order chi connectivity index (χ0) is 10.3. The van der Waals surface area contributed by atoms with Crippen LogP contribution < -0.4 is 0 Å². The van der Waals surface area contributed by atoms with Crippen molar-refractivity contribution in [2.75, 3.05) is 0 Å². The first-order valence-corrected chi connectivity index (χ1v) is 4.30. The zero-order valence-corrected chi connectivity index (χ0v) is 7.68. The van der Waals surface area contributed by atoms with Gasteiger partial charge in [0.05, 0.1) is 5.03 Å². The third-order valence-electron chi connectivity index (χ3n) is 2.04. The normalized spacial score (nSPS) is 18.8. The SMILES string of the molecule is O=C1c2ccccc2C(Cl)=CC1(F)F. The maximum atomic E-state index is 13.0. The molecule has 0 unspecified atom stereocenters. The first-order valence-electron chi connectivity index (χ1n) is 3.93. The fourth-order valence-electron chi connectivity index (χ4n) is 1.37. The van der Waals surface area contributed by atoms with Crippen molar-refractivity contribution >= 4 is 22.4 Å². The molecule has 0 aromatic heterocycles. The van der Waals surface area contributed by atoms with E-state index in [1.54, 1.807) is 12.1 Å². The molecular formula is C10H5ClF2O. The zero-order valence-electron chi connectivity index (χ0n) is 6.93. The Kier molecular flexibility index (Phi) is 1.93. The fourth-order valence-corrected chi connectivity index (χ4v) is 1.67. The largest absolute Gasteiger partial charge is 0.329 e. The van der Waals surface area contributed by atoms with Crippen LogP contribution in [0.25, 0.3) is 5.03 Å². The van der Waals surface area contributed by atoms with Gasteiger partial charge < -0.3 is 0 Å². The Morgan fingerprint density at radius 2 is 1.71 bits per heavy atom. The van der Waals surface area contributed by atoms with Crippen LogP contribution in [0, 0.1) is 0 Å². The number of Topliss-reactive ketones (excluding diaryl/α,β-unsaturated/α-hetero) is 1. The van der Waals surface area contributed by atoms with Gasteiger partial charge in [-0.2, -0.15) is 8.78 Å². The van der Waals surface area contributed by atoms with E-state index < -0.39 is 11.7 Å². The van der Waals surface area contributed by atoms with Crippen LogP contribution in [0.2, 0.25) is 0 Å². The van der Waals surface area contributed by atoms with E-state index in [9.17, 15) is 13.6 Å². The van der Waals surface area contributed by atoms with Crippen LogP contribution >= 0.6 is 11.6 Å². The Balaban J connectivity index is 2.69. The Labute approximate surface area is 84.0 Å². The van der Waals surface area contributed by atoms with Gasteiger partial charge in [-0.25, -0.2) is 0 Å². The highest BCUT2D eigenvalue weighted by Crippen LogP contribution is 2.36. The molecule has 0 bridgehead atoms. The molecule has 0 atom stereocenters. The summed E-state index contributed by atoms with van der Waals surface area (Å²) < 4.78 is 26.0. The van der Waals surface area contributed by atoms with Crippen LogP contribution in [0.4, 0.5) is 8.78 Å². The van der Waals surface area contributed by atoms with Gasteiger partial charge in [-0.15, -0.1) is 0 Å². The van der Waals surface area contributed by atoms with Gasteiger partial charge >= 0.3 is 5.92 Å². The van der Waals surface area contributed by atoms with E-state index in [1.165, 1.54) is 12.1 Å². The van der Waals surface area contributed by atoms with Gasteiger partial charge in [-0.3, -0.25) is 4.79 Å². The number of hydrogen-bond donors (Lipinski definition) is 0. The molecule has 4 heteroatoms. The predicted molar refractivity (Wildman–Crippen MR) is 49.5 cm³/mol. The van der Waals surface area contributed by atoms with E-state index in [0.29, 0.717) is 11.6 Å². The summed E-state index contributed by atoms with van der Waals surface area (Å²) in [5.74, 6) is -4.68. The van der Waals surface area contributed by atoms with E-state index in [1.807, 2.05) is 0 Å². The second-order valence-electron chi connectivity index (χ2n) is 2.99. The molecule has 2 rings (SSSR count). The minimum Gasteiger partial charge on any atom is -0.287 e. The highest BCUT2D eigenvalue weighted by molar-refractivity contribution is 6.50. The molecule has 1 nitrogen and oxygen atoms in total. The van der Waals surface area contributed by atoms with Crippen molar-refractivity contribution in [3.63, 3.8) is 0 Å². The van der Waals surface area contributed by atoms with E-state index in [-0.39, 0.29) is 10.6 Å². The molecule has 72 valence electrons. The molecule has 1 aromatic carbocycles. The van der Waals surface area contributed by atoms with Crippen molar-refractivity contribution in [2.24, 2.45) is 0 Å². The molecule has 0 radical (unpaired) electrons. The van der Waals surface area contributed by atoms with Crippen molar-refractivity contribution in [1.29, 1.82) is 0 Å². The minimum absolute atomic E-state index is 0.0231. The number of hydrogen-bond acceptors (Lipinski definition) is 1. The highest BCUT2D eigenvalue weighted by atomic mass is 35.5. The average Bonchev–Trinajstić information content (AvgIpc) is 2.14. The first kappa shape index (κ1) is 9.34. The second-order valence-corrected chi connectivity index (χ2v) is 3.40. The molecule has 0 aliphatic heterocycles. The highest BCUT2D eigenvalue weighted by Gasteiger charge is 2.41. The van der Waals surface area contributed by atoms with Crippen molar-refractivity contribution < 1.29 is 13.6 Å². The molecule has 0 spiro atoms. The van der Waals surface area contributed by atoms with Crippen LogP contribution in [0.3, 0.4) is 0 Å². The maximum Gasteiger partial charge on any atom is 0.329 e. The Bertz CT molecular complexity index is 438. The first-order chi connectivity index (χ1) is 6.52. The number of carbonyl (C=O) groups is 1. The molecular weight excluding hydrogens is 210 g/mol. The van der Waals surface area contributed by atoms with Crippen molar-refractivity contribution in [2.45, 2.75) is 5.92 Å². The van der Waals surface area contributed by atoms with Gasteiger partial charge in [0.1, 0.15) is 0 Å².